The maximum atomic E-state index is 2.58. The zero-order valence-corrected chi connectivity index (χ0v) is 66.4. The topological polar surface area (TPSA) is 50.9 Å². The van der Waals surface area contributed by atoms with E-state index in [-0.39, 0.29) is 0 Å². The monoisotopic (exact) mass is 1350 g/mol. The van der Waals surface area contributed by atoms with E-state index in [9.17, 15) is 0 Å². The van der Waals surface area contributed by atoms with Crippen LogP contribution in [0.4, 0.5) is 0 Å². The molecule has 0 N–H and O–H groups in total. The highest BCUT2D eigenvalue weighted by atomic mass is 31.2. The van der Waals surface area contributed by atoms with E-state index in [0.29, 0.717) is 17.8 Å². The van der Waals surface area contributed by atoms with Crippen molar-refractivity contribution in [2.75, 3.05) is 217 Å². The molecule has 20 heteroatoms. The van der Waals surface area contributed by atoms with Crippen LogP contribution in [0.2, 0.25) is 0 Å². The molecule has 6 aromatic rings. The fourth-order valence-electron chi connectivity index (χ4n) is 16.7. The first-order valence-corrected chi connectivity index (χ1v) is 39.2. The number of nitrogens with zero attached hydrogens (tertiary/aromatic N) is 16. The summed E-state index contributed by atoms with van der Waals surface area (Å²) < 4.78 is 38.7. The average molecular weight is 1350 g/mol. The third-order valence-corrected chi connectivity index (χ3v) is 36.2. The molecular weight excluding hydrogens is 1220 g/mol. The molecule has 0 amide bonds. The van der Waals surface area contributed by atoms with Crippen LogP contribution in [-0.4, -0.2) is 290 Å². The molecule has 0 bridgehead atoms. The second-order valence-electron chi connectivity index (χ2n) is 27.5. The largest absolute Gasteiger partial charge is 0.310 e. The lowest BCUT2D eigenvalue weighted by molar-refractivity contribution is -0.453. The molecule has 0 saturated heterocycles. The van der Waals surface area contributed by atoms with Crippen LogP contribution in [0, 0.1) is 0 Å². The minimum absolute atomic E-state index is 0.409. The number of hydrogen-bond acceptors (Lipinski definition) is 0. The number of fused-ring (bicyclic) bond motifs is 6. The summed E-state index contributed by atoms with van der Waals surface area (Å²) in [7, 11) is 54.8. The Labute approximate surface area is 566 Å². The lowest BCUT2D eigenvalue weighted by Gasteiger charge is -2.40. The number of aryl methyl sites for hydroxylation is 1. The summed E-state index contributed by atoms with van der Waals surface area (Å²) in [5.41, 5.74) is 13.0. The molecule has 2 atom stereocenters. The SMILES string of the molecule is CN(C)P(N(C)C)(N(C)CC1C=Cc2ccccc21)=[N+](C)C.CN(C)P(N(C)C)(N(C)CC1CCc2ccccc21)=[N+](C)C.CN(C)P(N(C)C)(N(C)CC1c2ccccc2-c2ccccc21)=[N+](C)C.CN(C)P(N(C)C)(N(C)Cc1cccc2ccccc12)=[N+](C)C. The van der Waals surface area contributed by atoms with Gasteiger partial charge in [0.25, 0.3) is 0 Å². The van der Waals surface area contributed by atoms with Gasteiger partial charge >= 0.3 is 30.0 Å². The Kier molecular flexibility index (Phi) is 27.9. The van der Waals surface area contributed by atoms with Gasteiger partial charge in [0.1, 0.15) is 56.4 Å². The molecule has 0 aliphatic heterocycles. The van der Waals surface area contributed by atoms with Crippen molar-refractivity contribution in [1.82, 2.24) is 56.0 Å². The van der Waals surface area contributed by atoms with Gasteiger partial charge in [0.15, 0.2) is 0 Å². The van der Waals surface area contributed by atoms with Crippen LogP contribution in [0.5, 0.6) is 0 Å². The van der Waals surface area contributed by atoms with Crippen LogP contribution in [0.1, 0.15) is 63.1 Å². The van der Waals surface area contributed by atoms with E-state index in [4.69, 9.17) is 0 Å². The third-order valence-electron chi connectivity index (χ3n) is 19.1. The van der Waals surface area contributed by atoms with E-state index >= 15 is 0 Å². The van der Waals surface area contributed by atoms with Gasteiger partial charge in [0.05, 0.1) is 0 Å². The highest BCUT2D eigenvalue weighted by Gasteiger charge is 2.44. The third kappa shape index (κ3) is 15.7. The van der Waals surface area contributed by atoms with Crippen LogP contribution in [0.25, 0.3) is 28.0 Å². The van der Waals surface area contributed by atoms with Crippen LogP contribution >= 0.6 is 30.0 Å². The normalized spacial score (nSPS) is 15.6. The summed E-state index contributed by atoms with van der Waals surface area (Å²) in [6.45, 7) is 4.05. The van der Waals surface area contributed by atoms with E-state index in [1.807, 2.05) is 0 Å². The van der Waals surface area contributed by atoms with E-state index in [2.05, 4.69) is 422 Å². The van der Waals surface area contributed by atoms with Crippen molar-refractivity contribution in [3.8, 4) is 11.1 Å². The minimum Gasteiger partial charge on any atom is -0.228 e. The molecule has 0 fully saturated rings. The van der Waals surface area contributed by atoms with Crippen LogP contribution < -0.4 is 0 Å². The van der Waals surface area contributed by atoms with E-state index in [0.717, 1.165) is 26.2 Å². The second kappa shape index (κ2) is 33.3. The van der Waals surface area contributed by atoms with Crippen LogP contribution in [-0.2, 0) is 13.0 Å². The standard InChI is InChI=1S/C21H32N4P.C18H30N4P.C17H32N4P.C17H30N4P/c1-22(2)26(23(3)4,24(5)6)25(7)16-21-19-14-10-8-12-17(19)18-13-9-11-15-20(18)21;1-19(2)23(20(3)4,21(5)6)22(7)15-17-13-10-12-16-11-8-9-14-18(16)17;2*1-18(2)22(19(3)4,20(5)6)21(7)14-16-13-12-15-10-8-9-11-17(15)16/h8-15,21H,16H2,1-7H3;8-14H,15H2,1-7H3;8-11,16H,12-14H2,1-7H3;8-13,16H,14H2,1-7H3/q4*+1. The van der Waals surface area contributed by atoms with Gasteiger partial charge in [-0.2, -0.15) is 0 Å². The molecule has 0 radical (unpaired) electrons. The Hall–Kier alpha value is -4.24. The molecular formula is C73H124N16P4+4. The van der Waals surface area contributed by atoms with Gasteiger partial charge in [-0.05, 0) is 221 Å². The molecule has 3 aliphatic carbocycles. The molecule has 3 aliphatic rings. The van der Waals surface area contributed by atoms with Crippen molar-refractivity contribution in [1.29, 1.82) is 0 Å². The number of hydrogen-bond donors (Lipinski definition) is 0. The van der Waals surface area contributed by atoms with Crippen molar-refractivity contribution in [3.05, 3.63) is 185 Å². The summed E-state index contributed by atoms with van der Waals surface area (Å²) in [5, 5.41) is 2.65. The summed E-state index contributed by atoms with van der Waals surface area (Å²) in [6, 6.07) is 50.7. The van der Waals surface area contributed by atoms with Crippen molar-refractivity contribution >= 4 is 46.9 Å². The summed E-state index contributed by atoms with van der Waals surface area (Å²) >= 11 is 0. The summed E-state index contributed by atoms with van der Waals surface area (Å²) in [6.07, 6.45) is 7.11. The van der Waals surface area contributed by atoms with Crippen LogP contribution in [0.15, 0.2) is 146 Å². The minimum atomic E-state index is -1.75. The Morgan fingerprint density at radius 1 is 0.355 bits per heavy atom. The summed E-state index contributed by atoms with van der Waals surface area (Å²) in [4.78, 5) is 0. The number of rotatable bonds is 20. The predicted molar refractivity (Wildman–Crippen MR) is 408 cm³/mol. The van der Waals surface area contributed by atoms with Crippen molar-refractivity contribution in [3.63, 3.8) is 0 Å². The molecule has 2 unspecified atom stereocenters. The molecule has 0 saturated carbocycles. The maximum Gasteiger partial charge on any atom is 0.310 e. The first kappa shape index (κ1) is 77.8. The van der Waals surface area contributed by atoms with Gasteiger partial charge in [-0.1, -0.05) is 152 Å². The van der Waals surface area contributed by atoms with Gasteiger partial charge in [-0.15, -0.1) is 0 Å². The molecule has 0 heterocycles. The molecule has 0 spiro atoms. The molecule has 9 rings (SSSR count). The first-order valence-electron chi connectivity index (χ1n) is 32.8. The fraction of sp³-hybridized carbons (Fsp3) is 0.507. The second-order valence-corrected chi connectivity index (χ2v) is 44.2. The van der Waals surface area contributed by atoms with Crippen LogP contribution in [0.3, 0.4) is 0 Å². The molecule has 16 nitrogen and oxygen atoms in total. The smallest absolute Gasteiger partial charge is 0.228 e. The van der Waals surface area contributed by atoms with Crippen molar-refractivity contribution in [2.45, 2.75) is 37.1 Å². The molecule has 512 valence electrons. The Morgan fingerprint density at radius 2 is 0.720 bits per heavy atom. The van der Waals surface area contributed by atoms with E-state index in [1.165, 1.54) is 62.6 Å². The van der Waals surface area contributed by atoms with Gasteiger partial charge in [-0.3, -0.25) is 0 Å². The quantitative estimate of drug-likeness (QED) is 0.0685. The maximum absolute atomic E-state index is 2.58. The fourth-order valence-corrected chi connectivity index (χ4v) is 34.2. The van der Waals surface area contributed by atoms with Crippen molar-refractivity contribution in [2.24, 2.45) is 0 Å². The van der Waals surface area contributed by atoms with E-state index < -0.39 is 30.0 Å². The predicted octanol–water partition coefficient (Wildman–Crippen LogP) is 13.7. The van der Waals surface area contributed by atoms with Gasteiger partial charge in [0, 0.05) is 38.0 Å². The highest BCUT2D eigenvalue weighted by Crippen LogP contribution is 2.59. The van der Waals surface area contributed by atoms with Gasteiger partial charge in [-0.25, -0.2) is 73.4 Å². The Bertz CT molecular complexity index is 3630. The first-order chi connectivity index (χ1) is 43.7. The number of benzene rings is 6. The highest BCUT2D eigenvalue weighted by molar-refractivity contribution is 7.57. The Morgan fingerprint density at radius 3 is 1.18 bits per heavy atom. The molecule has 93 heavy (non-hydrogen) atoms. The molecule has 6 aromatic carbocycles. The lowest BCUT2D eigenvalue weighted by Crippen LogP contribution is -2.38. The zero-order chi connectivity index (χ0) is 69.2. The number of likely N-dealkylation sites (N-methyl/N-ethyl adjacent to an activating group) is 3. The van der Waals surface area contributed by atoms with E-state index in [1.54, 1.807) is 11.1 Å². The average Bonchev–Trinajstić information content (AvgIpc) is 1.70. The molecule has 0 aromatic heterocycles. The van der Waals surface area contributed by atoms with Crippen molar-refractivity contribution < 1.29 is 17.3 Å². The Balaban J connectivity index is 0.000000197. The zero-order valence-electron chi connectivity index (χ0n) is 62.9. The van der Waals surface area contributed by atoms with Gasteiger partial charge in [0.2, 0.25) is 0 Å². The van der Waals surface area contributed by atoms with Gasteiger partial charge < -0.3 is 0 Å². The lowest BCUT2D eigenvalue weighted by atomic mass is 9.97. The summed E-state index contributed by atoms with van der Waals surface area (Å²) in [5.74, 6) is 1.53.